The molecule has 166 valence electrons. The van der Waals surface area contributed by atoms with E-state index >= 15 is 0 Å². The molecule has 5 rings (SSSR count). The Hall–Kier alpha value is -2.10. The summed E-state index contributed by atoms with van der Waals surface area (Å²) in [7, 11) is 0. The van der Waals surface area contributed by atoms with Gasteiger partial charge < -0.3 is 15.0 Å². The van der Waals surface area contributed by atoms with E-state index in [1.54, 1.807) is 22.2 Å². The number of amides is 1. The van der Waals surface area contributed by atoms with Gasteiger partial charge in [0.1, 0.15) is 24.2 Å². The van der Waals surface area contributed by atoms with Gasteiger partial charge in [-0.2, -0.15) is 0 Å². The number of carbonyl (C=O) groups excluding carboxylic acids is 1. The van der Waals surface area contributed by atoms with Crippen LogP contribution in [-0.4, -0.2) is 64.9 Å². The van der Waals surface area contributed by atoms with Crippen molar-refractivity contribution < 1.29 is 14.4 Å². The van der Waals surface area contributed by atoms with E-state index in [9.17, 15) is 4.79 Å². The van der Waals surface area contributed by atoms with Crippen molar-refractivity contribution in [2.45, 2.75) is 40.0 Å². The minimum atomic E-state index is -0.221. The van der Waals surface area contributed by atoms with Crippen LogP contribution < -0.4 is 10.2 Å². The summed E-state index contributed by atoms with van der Waals surface area (Å²) in [5.74, 6) is 0.674. The van der Waals surface area contributed by atoms with Crippen LogP contribution in [0.5, 0.6) is 0 Å². The molecule has 2 aliphatic rings. The molecule has 3 aromatic rings. The van der Waals surface area contributed by atoms with Gasteiger partial charge >= 0.3 is 0 Å². The van der Waals surface area contributed by atoms with E-state index in [1.165, 1.54) is 21.8 Å². The van der Waals surface area contributed by atoms with Crippen molar-refractivity contribution in [3.63, 3.8) is 0 Å². The van der Waals surface area contributed by atoms with Crippen LogP contribution in [0.2, 0.25) is 0 Å². The van der Waals surface area contributed by atoms with Crippen LogP contribution in [0, 0.1) is 11.3 Å². The molecule has 9 heteroatoms. The minimum absolute atomic E-state index is 0.217. The number of rotatable bonds is 4. The van der Waals surface area contributed by atoms with E-state index in [0.29, 0.717) is 17.9 Å². The maximum Gasteiger partial charge on any atom is 0.291 e. The summed E-state index contributed by atoms with van der Waals surface area (Å²) in [5, 5.41) is 8.48. The number of hydrogen-bond donors (Lipinski definition) is 2. The number of nitrogens with zero attached hydrogens (tertiary/aromatic N) is 4. The van der Waals surface area contributed by atoms with E-state index in [0.717, 1.165) is 61.6 Å². The zero-order valence-corrected chi connectivity index (χ0v) is 19.3. The lowest BCUT2D eigenvalue weighted by atomic mass is 9.72. The van der Waals surface area contributed by atoms with Gasteiger partial charge in [0, 0.05) is 4.88 Å². The average molecular weight is 444 g/mol. The third-order valence-electron chi connectivity index (χ3n) is 6.78. The second-order valence-electron chi connectivity index (χ2n) is 9.81. The highest BCUT2D eigenvalue weighted by atomic mass is 32.1. The lowest BCUT2D eigenvalue weighted by molar-refractivity contribution is -0.906. The number of aryl methyl sites for hydroxylation is 1. The lowest BCUT2D eigenvalue weighted by Crippen LogP contribution is -3.14. The van der Waals surface area contributed by atoms with E-state index in [-0.39, 0.29) is 11.7 Å². The van der Waals surface area contributed by atoms with Crippen molar-refractivity contribution in [1.29, 1.82) is 0 Å². The summed E-state index contributed by atoms with van der Waals surface area (Å²) in [6.07, 6.45) is 4.99. The van der Waals surface area contributed by atoms with Crippen LogP contribution in [0.4, 0.5) is 0 Å². The summed E-state index contributed by atoms with van der Waals surface area (Å²) in [6, 6.07) is 0. The fourth-order valence-electron chi connectivity index (χ4n) is 4.75. The lowest BCUT2D eigenvalue weighted by Gasteiger charge is -2.33. The monoisotopic (exact) mass is 443 g/mol. The molecule has 0 saturated carbocycles. The topological polar surface area (TPSA) is 85.9 Å². The highest BCUT2D eigenvalue weighted by molar-refractivity contribution is 7.19. The molecular formula is C22H31N6O2S+. The first kappa shape index (κ1) is 20.8. The number of hydrogen-bond acceptors (Lipinski definition) is 6. The first-order valence-electron chi connectivity index (χ1n) is 11.3. The molecule has 1 fully saturated rings. The first-order valence-corrected chi connectivity index (χ1v) is 12.1. The standard InChI is InChI=1S/C22H30N6O2S/c1-22(2,3)14-4-5-15-16(12-14)31-21-17(15)19-25-18(26-28(19)13-24-21)20(29)23-6-7-27-8-10-30-11-9-27/h13-14H,4-12H2,1-3H3,(H,23,29)/p+1/t14-/m1/s1. The Morgan fingerprint density at radius 3 is 2.94 bits per heavy atom. The normalized spacial score (nSPS) is 20.3. The minimum Gasteiger partial charge on any atom is -0.370 e. The Kier molecular flexibility index (Phi) is 5.44. The highest BCUT2D eigenvalue weighted by Crippen LogP contribution is 2.43. The maximum absolute atomic E-state index is 12.7. The van der Waals surface area contributed by atoms with Gasteiger partial charge in [-0.1, -0.05) is 20.8 Å². The van der Waals surface area contributed by atoms with Crippen LogP contribution in [0.1, 0.15) is 48.3 Å². The van der Waals surface area contributed by atoms with Crippen molar-refractivity contribution in [3.05, 3.63) is 22.6 Å². The summed E-state index contributed by atoms with van der Waals surface area (Å²) >= 11 is 1.78. The molecule has 0 unspecified atom stereocenters. The number of morpholine rings is 1. The zero-order valence-electron chi connectivity index (χ0n) is 18.5. The van der Waals surface area contributed by atoms with Crippen LogP contribution in [-0.2, 0) is 17.6 Å². The quantitative estimate of drug-likeness (QED) is 0.632. The number of nitrogens with one attached hydrogen (secondary N) is 2. The number of quaternary nitrogens is 1. The van der Waals surface area contributed by atoms with Gasteiger partial charge in [0.2, 0.25) is 5.82 Å². The smallest absolute Gasteiger partial charge is 0.291 e. The molecule has 2 N–H and O–H groups in total. The molecule has 3 aromatic heterocycles. The molecule has 31 heavy (non-hydrogen) atoms. The van der Waals surface area contributed by atoms with Crippen LogP contribution >= 0.6 is 11.3 Å². The Morgan fingerprint density at radius 1 is 1.35 bits per heavy atom. The van der Waals surface area contributed by atoms with Gasteiger partial charge in [-0.05, 0) is 36.2 Å². The molecule has 1 amide bonds. The molecule has 8 nitrogen and oxygen atoms in total. The van der Waals surface area contributed by atoms with Crippen LogP contribution in [0.3, 0.4) is 0 Å². The van der Waals surface area contributed by atoms with Gasteiger partial charge in [-0.15, -0.1) is 16.4 Å². The van der Waals surface area contributed by atoms with Crippen LogP contribution in [0.25, 0.3) is 15.9 Å². The largest absolute Gasteiger partial charge is 0.370 e. The predicted octanol–water partition coefficient (Wildman–Crippen LogP) is 1.13. The van der Waals surface area contributed by atoms with Gasteiger partial charge in [0.25, 0.3) is 5.91 Å². The Bertz CT molecular complexity index is 1110. The van der Waals surface area contributed by atoms with Gasteiger partial charge in [0.05, 0.1) is 31.7 Å². The number of fused-ring (bicyclic) bond motifs is 5. The second kappa shape index (κ2) is 8.11. The number of thiophene rings is 1. The highest BCUT2D eigenvalue weighted by Gasteiger charge is 2.32. The molecule has 1 aliphatic carbocycles. The van der Waals surface area contributed by atoms with Crippen molar-refractivity contribution in [2.24, 2.45) is 11.3 Å². The van der Waals surface area contributed by atoms with E-state index < -0.39 is 0 Å². The van der Waals surface area contributed by atoms with E-state index in [1.807, 2.05) is 0 Å². The van der Waals surface area contributed by atoms with Gasteiger partial charge in [0.15, 0.2) is 5.65 Å². The fourth-order valence-corrected chi connectivity index (χ4v) is 6.01. The van der Waals surface area contributed by atoms with Gasteiger partial charge in [-0.3, -0.25) is 4.79 Å². The summed E-state index contributed by atoms with van der Waals surface area (Å²) in [6.45, 7) is 12.1. The van der Waals surface area contributed by atoms with Crippen molar-refractivity contribution in [1.82, 2.24) is 24.9 Å². The molecular weight excluding hydrogens is 412 g/mol. The predicted molar refractivity (Wildman–Crippen MR) is 120 cm³/mol. The Morgan fingerprint density at radius 2 is 2.16 bits per heavy atom. The van der Waals surface area contributed by atoms with E-state index in [4.69, 9.17) is 4.74 Å². The molecule has 0 aromatic carbocycles. The molecule has 0 spiro atoms. The van der Waals surface area contributed by atoms with Crippen molar-refractivity contribution in [3.8, 4) is 0 Å². The van der Waals surface area contributed by atoms with Gasteiger partial charge in [-0.25, -0.2) is 14.5 Å². The van der Waals surface area contributed by atoms with Crippen molar-refractivity contribution in [2.75, 3.05) is 39.4 Å². The average Bonchev–Trinajstić information content (AvgIpc) is 3.34. The third-order valence-corrected chi connectivity index (χ3v) is 7.94. The number of ether oxygens (including phenoxy) is 1. The number of carbonyl (C=O) groups is 1. The Balaban J connectivity index is 1.36. The summed E-state index contributed by atoms with van der Waals surface area (Å²) < 4.78 is 7.04. The van der Waals surface area contributed by atoms with E-state index in [2.05, 4.69) is 41.2 Å². The number of aromatic nitrogens is 4. The van der Waals surface area contributed by atoms with Crippen molar-refractivity contribution >= 4 is 33.1 Å². The molecule has 4 heterocycles. The zero-order chi connectivity index (χ0) is 21.6. The summed E-state index contributed by atoms with van der Waals surface area (Å²) in [5.41, 5.74) is 2.41. The molecule has 1 aliphatic heterocycles. The molecule has 1 atom stereocenters. The molecule has 1 saturated heterocycles. The fraction of sp³-hybridized carbons (Fsp3) is 0.636. The molecule has 0 bridgehead atoms. The third kappa shape index (κ3) is 4.06. The SMILES string of the molecule is CC(C)(C)[C@@H]1CCc2c(sc3ncn4nc(C(=O)NCC[NH+]5CCOCC5)nc4c23)C1. The first-order chi connectivity index (χ1) is 14.9. The van der Waals surface area contributed by atoms with Crippen LogP contribution in [0.15, 0.2) is 6.33 Å². The maximum atomic E-state index is 12.7. The molecule has 0 radical (unpaired) electrons. The second-order valence-corrected chi connectivity index (χ2v) is 10.9. The Labute approximate surface area is 186 Å². The summed E-state index contributed by atoms with van der Waals surface area (Å²) in [4.78, 5) is 25.8.